The number of fused-ring (bicyclic) bond motifs is 2. The van der Waals surface area contributed by atoms with Gasteiger partial charge < -0.3 is 10.2 Å². The summed E-state index contributed by atoms with van der Waals surface area (Å²) in [7, 11) is 0. The molecule has 2 aliphatic rings. The second-order valence-corrected chi connectivity index (χ2v) is 7.43. The molecule has 0 aliphatic carbocycles. The number of para-hydroxylation sites is 1. The molecule has 0 radical (unpaired) electrons. The van der Waals surface area contributed by atoms with E-state index in [1.54, 1.807) is 0 Å². The second kappa shape index (κ2) is 7.98. The quantitative estimate of drug-likeness (QED) is 0.836. The molecule has 28 heavy (non-hydrogen) atoms. The lowest BCUT2D eigenvalue weighted by Crippen LogP contribution is -2.40. The van der Waals surface area contributed by atoms with E-state index < -0.39 is 0 Å². The molecule has 0 spiro atoms. The van der Waals surface area contributed by atoms with Crippen LogP contribution in [-0.2, 0) is 17.9 Å². The summed E-state index contributed by atoms with van der Waals surface area (Å²) >= 11 is 0. The molecule has 4 rings (SSSR count). The molecule has 0 saturated carbocycles. The predicted molar refractivity (Wildman–Crippen MR) is 110 cm³/mol. The van der Waals surface area contributed by atoms with Crippen molar-refractivity contribution in [1.29, 1.82) is 0 Å². The SMILES string of the molecule is C=CC(=O)NCc1ccc(C(=O)N2CC3CCCN3Cc3ccccc32)cc1. The molecule has 0 aromatic heterocycles. The fourth-order valence-corrected chi connectivity index (χ4v) is 4.12. The molecular formula is C23H25N3O2. The minimum absolute atomic E-state index is 0.0304. The molecule has 1 unspecified atom stereocenters. The van der Waals surface area contributed by atoms with E-state index in [4.69, 9.17) is 0 Å². The van der Waals surface area contributed by atoms with Crippen molar-refractivity contribution in [2.24, 2.45) is 0 Å². The van der Waals surface area contributed by atoms with Gasteiger partial charge in [-0.1, -0.05) is 36.9 Å². The highest BCUT2D eigenvalue weighted by atomic mass is 16.2. The molecule has 5 nitrogen and oxygen atoms in total. The Balaban J connectivity index is 1.56. The number of hydrogen-bond donors (Lipinski definition) is 1. The maximum Gasteiger partial charge on any atom is 0.258 e. The van der Waals surface area contributed by atoms with Crippen LogP contribution in [0.2, 0.25) is 0 Å². The molecule has 5 heteroatoms. The van der Waals surface area contributed by atoms with Crippen molar-refractivity contribution >= 4 is 17.5 Å². The number of carbonyl (C=O) groups excluding carboxylic acids is 2. The fourth-order valence-electron chi connectivity index (χ4n) is 4.12. The summed E-state index contributed by atoms with van der Waals surface area (Å²) in [6.45, 7) is 6.61. The molecule has 1 saturated heterocycles. The first-order chi connectivity index (χ1) is 13.7. The third-order valence-corrected chi connectivity index (χ3v) is 5.65. The zero-order valence-corrected chi connectivity index (χ0v) is 15.9. The Labute approximate surface area is 165 Å². The van der Waals surface area contributed by atoms with Crippen LogP contribution in [0.1, 0.15) is 34.3 Å². The lowest BCUT2D eigenvalue weighted by atomic mass is 10.1. The molecule has 1 N–H and O–H groups in total. The monoisotopic (exact) mass is 375 g/mol. The van der Waals surface area contributed by atoms with Crippen LogP contribution in [0.5, 0.6) is 0 Å². The minimum atomic E-state index is -0.206. The highest BCUT2D eigenvalue weighted by Gasteiger charge is 2.33. The summed E-state index contributed by atoms with van der Waals surface area (Å²) in [5.41, 5.74) is 3.85. The standard InChI is InChI=1S/C23H25N3O2/c1-2-22(27)24-14-17-9-11-18(12-10-17)23(28)26-16-20-7-5-13-25(20)15-19-6-3-4-8-21(19)26/h2-4,6,8-12,20H,1,5,7,13-16H2,(H,24,27). The van der Waals surface area contributed by atoms with Crippen molar-refractivity contribution in [2.45, 2.75) is 32.0 Å². The van der Waals surface area contributed by atoms with Gasteiger partial charge in [-0.3, -0.25) is 14.5 Å². The number of anilines is 1. The van der Waals surface area contributed by atoms with Crippen molar-refractivity contribution in [3.8, 4) is 0 Å². The molecule has 2 heterocycles. The number of hydrogen-bond acceptors (Lipinski definition) is 3. The summed E-state index contributed by atoms with van der Waals surface area (Å²) in [4.78, 5) is 29.1. The van der Waals surface area contributed by atoms with Gasteiger partial charge in [0.1, 0.15) is 0 Å². The van der Waals surface area contributed by atoms with Crippen LogP contribution in [0.3, 0.4) is 0 Å². The van der Waals surface area contributed by atoms with Crippen molar-refractivity contribution < 1.29 is 9.59 Å². The Hall–Kier alpha value is -2.92. The molecule has 2 aromatic rings. The van der Waals surface area contributed by atoms with Gasteiger partial charge >= 0.3 is 0 Å². The summed E-state index contributed by atoms with van der Waals surface area (Å²) in [6, 6.07) is 16.1. The summed E-state index contributed by atoms with van der Waals surface area (Å²) in [5.74, 6) is -0.176. The third kappa shape index (κ3) is 3.71. The molecule has 1 fully saturated rings. The van der Waals surface area contributed by atoms with Gasteiger partial charge in [-0.2, -0.15) is 0 Å². The van der Waals surface area contributed by atoms with Crippen molar-refractivity contribution in [3.63, 3.8) is 0 Å². The van der Waals surface area contributed by atoms with Crippen LogP contribution >= 0.6 is 0 Å². The van der Waals surface area contributed by atoms with E-state index in [0.29, 0.717) is 18.2 Å². The van der Waals surface area contributed by atoms with E-state index in [1.165, 1.54) is 18.1 Å². The maximum atomic E-state index is 13.4. The van der Waals surface area contributed by atoms with Crippen LogP contribution in [-0.4, -0.2) is 35.8 Å². The van der Waals surface area contributed by atoms with E-state index >= 15 is 0 Å². The average molecular weight is 375 g/mol. The number of nitrogens with one attached hydrogen (secondary N) is 1. The van der Waals surface area contributed by atoms with Gasteiger partial charge in [-0.25, -0.2) is 0 Å². The minimum Gasteiger partial charge on any atom is -0.348 e. The van der Waals surface area contributed by atoms with Gasteiger partial charge in [-0.05, 0) is 54.8 Å². The summed E-state index contributed by atoms with van der Waals surface area (Å²) in [5, 5.41) is 2.75. The molecular weight excluding hydrogens is 350 g/mol. The topological polar surface area (TPSA) is 52.7 Å². The number of amides is 2. The van der Waals surface area contributed by atoms with Gasteiger partial charge in [-0.15, -0.1) is 0 Å². The largest absolute Gasteiger partial charge is 0.348 e. The van der Waals surface area contributed by atoms with Crippen molar-refractivity contribution in [2.75, 3.05) is 18.0 Å². The zero-order valence-electron chi connectivity index (χ0n) is 15.9. The van der Waals surface area contributed by atoms with Crippen LogP contribution in [0.15, 0.2) is 61.2 Å². The van der Waals surface area contributed by atoms with Gasteiger partial charge in [0, 0.05) is 36.9 Å². The van der Waals surface area contributed by atoms with E-state index in [2.05, 4.69) is 28.9 Å². The Morgan fingerprint density at radius 1 is 1.14 bits per heavy atom. The first-order valence-corrected chi connectivity index (χ1v) is 9.79. The summed E-state index contributed by atoms with van der Waals surface area (Å²) in [6.07, 6.45) is 3.58. The Morgan fingerprint density at radius 2 is 1.93 bits per heavy atom. The van der Waals surface area contributed by atoms with Crippen LogP contribution in [0, 0.1) is 0 Å². The lowest BCUT2D eigenvalue weighted by Gasteiger charge is -2.26. The Bertz CT molecular complexity index is 891. The predicted octanol–water partition coefficient (Wildman–Crippen LogP) is 3.11. The van der Waals surface area contributed by atoms with E-state index in [9.17, 15) is 9.59 Å². The number of nitrogens with zero attached hydrogens (tertiary/aromatic N) is 2. The van der Waals surface area contributed by atoms with Crippen molar-refractivity contribution in [3.05, 3.63) is 77.9 Å². The van der Waals surface area contributed by atoms with Crippen LogP contribution < -0.4 is 10.2 Å². The summed E-state index contributed by atoms with van der Waals surface area (Å²) < 4.78 is 0. The van der Waals surface area contributed by atoms with Gasteiger partial charge in [0.05, 0.1) is 0 Å². The number of carbonyl (C=O) groups is 2. The van der Waals surface area contributed by atoms with Gasteiger partial charge in [0.15, 0.2) is 0 Å². The lowest BCUT2D eigenvalue weighted by molar-refractivity contribution is -0.116. The van der Waals surface area contributed by atoms with Crippen LogP contribution in [0.4, 0.5) is 5.69 Å². The molecule has 144 valence electrons. The Morgan fingerprint density at radius 3 is 2.71 bits per heavy atom. The Kier molecular flexibility index (Phi) is 5.26. The smallest absolute Gasteiger partial charge is 0.258 e. The molecule has 2 aromatic carbocycles. The van der Waals surface area contributed by atoms with Crippen molar-refractivity contribution in [1.82, 2.24) is 10.2 Å². The normalized spacial score (nSPS) is 18.7. The maximum absolute atomic E-state index is 13.4. The van der Waals surface area contributed by atoms with Gasteiger partial charge in [0.2, 0.25) is 5.91 Å². The number of benzene rings is 2. The molecule has 2 amide bonds. The van der Waals surface area contributed by atoms with E-state index in [1.807, 2.05) is 41.3 Å². The highest BCUT2D eigenvalue weighted by Crippen LogP contribution is 2.32. The first-order valence-electron chi connectivity index (χ1n) is 9.79. The van der Waals surface area contributed by atoms with E-state index in [0.717, 1.165) is 37.3 Å². The zero-order chi connectivity index (χ0) is 19.5. The van der Waals surface area contributed by atoms with Crippen LogP contribution in [0.25, 0.3) is 0 Å². The second-order valence-electron chi connectivity index (χ2n) is 7.43. The first kappa shape index (κ1) is 18.4. The highest BCUT2D eigenvalue weighted by molar-refractivity contribution is 6.06. The fraction of sp³-hybridized carbons (Fsp3) is 0.304. The molecule has 2 aliphatic heterocycles. The molecule has 0 bridgehead atoms. The molecule has 1 atom stereocenters. The average Bonchev–Trinajstić information content (AvgIpc) is 3.11. The third-order valence-electron chi connectivity index (χ3n) is 5.65. The van der Waals surface area contributed by atoms with E-state index in [-0.39, 0.29) is 11.8 Å². The number of rotatable bonds is 4. The van der Waals surface area contributed by atoms with Gasteiger partial charge in [0.25, 0.3) is 5.91 Å².